The minimum Gasteiger partial charge on any atom is -0.481 e. The van der Waals surface area contributed by atoms with Crippen molar-refractivity contribution in [2.24, 2.45) is 5.41 Å². The van der Waals surface area contributed by atoms with Crippen LogP contribution in [-0.2, 0) is 9.53 Å². The van der Waals surface area contributed by atoms with E-state index in [1.165, 1.54) is 0 Å². The van der Waals surface area contributed by atoms with Crippen LogP contribution in [0, 0.1) is 12.3 Å². The van der Waals surface area contributed by atoms with Crippen LogP contribution in [-0.4, -0.2) is 43.3 Å². The van der Waals surface area contributed by atoms with E-state index in [2.05, 4.69) is 0 Å². The molecule has 98 valence electrons. The average molecular weight is 249 g/mol. The normalized spacial score (nSPS) is 19.3. The van der Waals surface area contributed by atoms with Crippen LogP contribution in [0.5, 0.6) is 0 Å². The van der Waals surface area contributed by atoms with Crippen LogP contribution in [0.3, 0.4) is 0 Å². The average Bonchev–Trinajstić information content (AvgIpc) is 2.21. The first-order chi connectivity index (χ1) is 8.47. The maximum absolute atomic E-state index is 11.6. The largest absolute Gasteiger partial charge is 0.481 e. The summed E-state index contributed by atoms with van der Waals surface area (Å²) in [5.74, 6) is -0.783. The third kappa shape index (κ3) is 2.02. The van der Waals surface area contributed by atoms with E-state index >= 15 is 0 Å². The molecular weight excluding hydrogens is 230 g/mol. The first kappa shape index (κ1) is 13.1. The highest BCUT2D eigenvalue weighted by atomic mass is 16.5. The molecule has 1 unspecified atom stereocenters. The third-order valence-corrected chi connectivity index (χ3v) is 3.54. The lowest BCUT2D eigenvalue weighted by Gasteiger charge is -2.46. The molecule has 1 aromatic rings. The van der Waals surface area contributed by atoms with E-state index in [0.717, 1.165) is 11.1 Å². The van der Waals surface area contributed by atoms with Gasteiger partial charge in [0.05, 0.1) is 19.3 Å². The number of ether oxygens (including phenoxy) is 1. The van der Waals surface area contributed by atoms with Gasteiger partial charge < -0.3 is 14.7 Å². The molecule has 0 aromatic heterocycles. The second-order valence-corrected chi connectivity index (χ2v) is 5.23. The molecule has 0 saturated carbocycles. The van der Waals surface area contributed by atoms with Crippen LogP contribution in [0.4, 0.5) is 0 Å². The standard InChI is InChI=1S/C14H19NO3/c1-10-5-4-6-11(7-10)12(15(2)3)14(13(16)17)8-18-9-14/h4-7,12H,8-9H2,1-3H3,(H,16,17). The summed E-state index contributed by atoms with van der Waals surface area (Å²) in [5.41, 5.74) is 1.35. The van der Waals surface area contributed by atoms with E-state index in [-0.39, 0.29) is 19.3 Å². The van der Waals surface area contributed by atoms with Crippen molar-refractivity contribution in [3.8, 4) is 0 Å². The fourth-order valence-corrected chi connectivity index (χ4v) is 2.67. The Morgan fingerprint density at radius 2 is 2.11 bits per heavy atom. The predicted octanol–water partition coefficient (Wildman–Crippen LogP) is 1.70. The molecule has 1 aliphatic heterocycles. The van der Waals surface area contributed by atoms with E-state index in [9.17, 15) is 9.90 Å². The SMILES string of the molecule is Cc1cccc(C(N(C)C)C2(C(=O)O)COC2)c1. The number of aryl methyl sites for hydroxylation is 1. The number of rotatable bonds is 4. The molecule has 1 fully saturated rings. The van der Waals surface area contributed by atoms with Crippen LogP contribution in [0.2, 0.25) is 0 Å². The summed E-state index contributed by atoms with van der Waals surface area (Å²) < 4.78 is 5.17. The number of nitrogens with zero attached hydrogens (tertiary/aromatic N) is 1. The van der Waals surface area contributed by atoms with Gasteiger partial charge in [0, 0.05) is 0 Å². The van der Waals surface area contributed by atoms with E-state index < -0.39 is 11.4 Å². The Balaban J connectivity index is 2.43. The summed E-state index contributed by atoms with van der Waals surface area (Å²) in [6.45, 7) is 2.57. The van der Waals surface area contributed by atoms with Gasteiger partial charge in [-0.15, -0.1) is 0 Å². The maximum atomic E-state index is 11.6. The highest BCUT2D eigenvalue weighted by Crippen LogP contribution is 2.43. The molecule has 1 aromatic carbocycles. The smallest absolute Gasteiger partial charge is 0.316 e. The van der Waals surface area contributed by atoms with Crippen LogP contribution < -0.4 is 0 Å². The van der Waals surface area contributed by atoms with Crippen molar-refractivity contribution >= 4 is 5.97 Å². The maximum Gasteiger partial charge on any atom is 0.316 e. The van der Waals surface area contributed by atoms with Crippen molar-refractivity contribution in [1.29, 1.82) is 0 Å². The summed E-state index contributed by atoms with van der Waals surface area (Å²) in [7, 11) is 3.83. The number of carboxylic acids is 1. The molecule has 1 saturated heterocycles. The van der Waals surface area contributed by atoms with E-state index in [1.54, 1.807) is 0 Å². The van der Waals surface area contributed by atoms with Crippen LogP contribution >= 0.6 is 0 Å². The molecule has 4 nitrogen and oxygen atoms in total. The topological polar surface area (TPSA) is 49.8 Å². The van der Waals surface area contributed by atoms with E-state index in [1.807, 2.05) is 50.2 Å². The molecule has 4 heteroatoms. The Hall–Kier alpha value is -1.39. The highest BCUT2D eigenvalue weighted by Gasteiger charge is 2.54. The second-order valence-electron chi connectivity index (χ2n) is 5.23. The summed E-state index contributed by atoms with van der Waals surface area (Å²) in [5, 5.41) is 9.53. The molecule has 1 N–H and O–H groups in total. The molecule has 0 radical (unpaired) electrons. The summed E-state index contributed by atoms with van der Waals surface area (Å²) in [4.78, 5) is 13.6. The lowest BCUT2D eigenvalue weighted by Crippen LogP contribution is -2.56. The van der Waals surface area contributed by atoms with Gasteiger partial charge in [-0.05, 0) is 26.6 Å². The zero-order chi connectivity index (χ0) is 13.3. The second kappa shape index (κ2) is 4.71. The van der Waals surface area contributed by atoms with Crippen molar-refractivity contribution in [2.45, 2.75) is 13.0 Å². The molecule has 1 aliphatic rings. The fourth-order valence-electron chi connectivity index (χ4n) is 2.67. The third-order valence-electron chi connectivity index (χ3n) is 3.54. The van der Waals surface area contributed by atoms with Gasteiger partial charge in [0.2, 0.25) is 0 Å². The minimum absolute atomic E-state index is 0.163. The van der Waals surface area contributed by atoms with Crippen molar-refractivity contribution in [1.82, 2.24) is 4.90 Å². The molecule has 1 heterocycles. The van der Waals surface area contributed by atoms with Crippen LogP contribution in [0.1, 0.15) is 17.2 Å². The van der Waals surface area contributed by atoms with Crippen molar-refractivity contribution in [3.05, 3.63) is 35.4 Å². The van der Waals surface area contributed by atoms with Crippen LogP contribution in [0.25, 0.3) is 0 Å². The molecule has 0 bridgehead atoms. The van der Waals surface area contributed by atoms with Gasteiger partial charge in [-0.1, -0.05) is 29.8 Å². The van der Waals surface area contributed by atoms with Gasteiger partial charge in [-0.25, -0.2) is 0 Å². The van der Waals surface area contributed by atoms with Gasteiger partial charge in [0.1, 0.15) is 5.41 Å². The number of hydrogen-bond acceptors (Lipinski definition) is 3. The number of carbonyl (C=O) groups is 1. The first-order valence-corrected chi connectivity index (χ1v) is 6.01. The molecular formula is C14H19NO3. The van der Waals surface area contributed by atoms with Crippen molar-refractivity contribution < 1.29 is 14.6 Å². The van der Waals surface area contributed by atoms with Crippen LogP contribution in [0.15, 0.2) is 24.3 Å². The number of benzene rings is 1. The Morgan fingerprint density at radius 3 is 2.50 bits per heavy atom. The molecule has 18 heavy (non-hydrogen) atoms. The Kier molecular flexibility index (Phi) is 3.41. The van der Waals surface area contributed by atoms with Gasteiger partial charge in [-0.2, -0.15) is 0 Å². The fraction of sp³-hybridized carbons (Fsp3) is 0.500. The summed E-state index contributed by atoms with van der Waals surface area (Å²) in [6, 6.07) is 7.86. The molecule has 0 spiro atoms. The van der Waals surface area contributed by atoms with Crippen molar-refractivity contribution in [3.63, 3.8) is 0 Å². The Bertz CT molecular complexity index is 452. The summed E-state index contributed by atoms with van der Waals surface area (Å²) >= 11 is 0. The van der Waals surface area contributed by atoms with Gasteiger partial charge in [0.25, 0.3) is 0 Å². The van der Waals surface area contributed by atoms with Crippen molar-refractivity contribution in [2.75, 3.05) is 27.3 Å². The molecule has 1 atom stereocenters. The predicted molar refractivity (Wildman–Crippen MR) is 68.5 cm³/mol. The minimum atomic E-state index is -0.822. The molecule has 0 amide bonds. The number of hydrogen-bond donors (Lipinski definition) is 1. The zero-order valence-electron chi connectivity index (χ0n) is 11.0. The number of carboxylic acid groups (broad SMARTS) is 1. The van der Waals surface area contributed by atoms with Gasteiger partial charge >= 0.3 is 5.97 Å². The van der Waals surface area contributed by atoms with E-state index in [0.29, 0.717) is 0 Å². The monoisotopic (exact) mass is 249 g/mol. The molecule has 0 aliphatic carbocycles. The quantitative estimate of drug-likeness (QED) is 0.882. The lowest BCUT2D eigenvalue weighted by molar-refractivity contribution is -0.193. The Morgan fingerprint density at radius 1 is 1.44 bits per heavy atom. The molecule has 2 rings (SSSR count). The van der Waals surface area contributed by atoms with Gasteiger partial charge in [-0.3, -0.25) is 4.79 Å². The summed E-state index contributed by atoms with van der Waals surface area (Å²) in [6.07, 6.45) is 0. The number of aliphatic carboxylic acids is 1. The first-order valence-electron chi connectivity index (χ1n) is 6.01. The van der Waals surface area contributed by atoms with Gasteiger partial charge in [0.15, 0.2) is 0 Å². The highest BCUT2D eigenvalue weighted by molar-refractivity contribution is 5.77. The zero-order valence-corrected chi connectivity index (χ0v) is 11.0. The Labute approximate surface area is 107 Å². The lowest BCUT2D eigenvalue weighted by atomic mass is 9.74. The van der Waals surface area contributed by atoms with E-state index in [4.69, 9.17) is 4.74 Å².